The maximum absolute atomic E-state index is 5.26. The Kier molecular flexibility index (Phi) is 1.84. The third-order valence-electron chi connectivity index (χ3n) is 1.24. The minimum absolute atomic E-state index is 0.891. The number of rotatable bonds is 1. The van der Waals surface area contributed by atoms with E-state index in [1.165, 1.54) is 5.57 Å². The number of hydrogen-bond donors (Lipinski definition) is 0. The fraction of sp³-hybridized carbons (Fsp3) is 0.667. The lowest BCUT2D eigenvalue weighted by molar-refractivity contribution is 0.271. The van der Waals surface area contributed by atoms with Crippen LogP contribution in [0.15, 0.2) is 10.7 Å². The van der Waals surface area contributed by atoms with Crippen LogP contribution < -0.4 is 0 Å². The summed E-state index contributed by atoms with van der Waals surface area (Å²) >= 11 is 1.70. The highest BCUT2D eigenvalue weighted by Crippen LogP contribution is 2.25. The Morgan fingerprint density at radius 3 is 2.62 bits per heavy atom. The molecule has 0 bridgehead atoms. The molecule has 1 rings (SSSR count). The van der Waals surface area contributed by atoms with Crippen LogP contribution in [-0.2, 0) is 4.74 Å². The molecule has 0 fully saturated rings. The molecule has 1 aliphatic heterocycles. The van der Waals surface area contributed by atoms with Gasteiger partial charge in [-0.15, -0.1) is 0 Å². The normalized spacial score (nSPS) is 19.2. The Morgan fingerprint density at radius 2 is 2.38 bits per heavy atom. The number of ether oxygens (including phenoxy) is 1. The molecule has 0 spiro atoms. The molecule has 0 amide bonds. The highest BCUT2D eigenvalue weighted by molar-refractivity contribution is 8.02. The zero-order chi connectivity index (χ0) is 5.98. The predicted molar refractivity (Wildman–Crippen MR) is 36.8 cm³/mol. The molecule has 0 atom stereocenters. The molecular weight excluding hydrogens is 120 g/mol. The number of thioether (sulfide) groups is 1. The first-order valence-corrected chi connectivity index (χ1v) is 3.93. The summed E-state index contributed by atoms with van der Waals surface area (Å²) in [6, 6.07) is 0. The van der Waals surface area contributed by atoms with Crippen LogP contribution in [0.25, 0.3) is 0 Å². The summed E-state index contributed by atoms with van der Waals surface area (Å²) in [5.74, 6) is 0. The first kappa shape index (κ1) is 6.02. The maximum Gasteiger partial charge on any atom is 0.151 e. The standard InChI is InChI=1S/C6H10OS/c1-5-3-4-7-6(5)8-2/h3-4H2,1-2H3. The number of hydrogen-bond acceptors (Lipinski definition) is 2. The van der Waals surface area contributed by atoms with Gasteiger partial charge in [0.1, 0.15) is 0 Å². The Labute approximate surface area is 54.1 Å². The summed E-state index contributed by atoms with van der Waals surface area (Å²) in [4.78, 5) is 0. The monoisotopic (exact) mass is 130 g/mol. The molecule has 1 heterocycles. The molecular formula is C6H10OS. The SMILES string of the molecule is CSC1=C(C)CCO1. The Bertz CT molecular complexity index is 118. The molecule has 0 aliphatic carbocycles. The topological polar surface area (TPSA) is 9.23 Å². The molecule has 8 heavy (non-hydrogen) atoms. The molecule has 0 radical (unpaired) electrons. The largest absolute Gasteiger partial charge is 0.487 e. The lowest BCUT2D eigenvalue weighted by Crippen LogP contribution is -1.77. The summed E-state index contributed by atoms with van der Waals surface area (Å²) in [5.41, 5.74) is 1.40. The van der Waals surface area contributed by atoms with E-state index in [0.29, 0.717) is 0 Å². The van der Waals surface area contributed by atoms with E-state index in [9.17, 15) is 0 Å². The van der Waals surface area contributed by atoms with Crippen LogP contribution in [0.3, 0.4) is 0 Å². The van der Waals surface area contributed by atoms with Gasteiger partial charge in [-0.05, 0) is 18.8 Å². The van der Waals surface area contributed by atoms with Crippen LogP contribution in [0.1, 0.15) is 13.3 Å². The molecule has 0 aromatic heterocycles. The third kappa shape index (κ3) is 0.996. The molecule has 46 valence electrons. The highest BCUT2D eigenvalue weighted by Gasteiger charge is 2.09. The van der Waals surface area contributed by atoms with Gasteiger partial charge in [0.2, 0.25) is 0 Å². The summed E-state index contributed by atoms with van der Waals surface area (Å²) in [6.07, 6.45) is 3.17. The zero-order valence-corrected chi connectivity index (χ0v) is 6.05. The smallest absolute Gasteiger partial charge is 0.151 e. The van der Waals surface area contributed by atoms with Crippen LogP contribution in [0.5, 0.6) is 0 Å². The van der Waals surface area contributed by atoms with Crippen molar-refractivity contribution in [2.75, 3.05) is 12.9 Å². The van der Waals surface area contributed by atoms with E-state index < -0.39 is 0 Å². The predicted octanol–water partition coefficient (Wildman–Crippen LogP) is 2.00. The van der Waals surface area contributed by atoms with E-state index >= 15 is 0 Å². The van der Waals surface area contributed by atoms with Gasteiger partial charge < -0.3 is 4.74 Å². The van der Waals surface area contributed by atoms with Crippen molar-refractivity contribution in [3.05, 3.63) is 10.7 Å². The van der Waals surface area contributed by atoms with Gasteiger partial charge in [0, 0.05) is 6.42 Å². The minimum Gasteiger partial charge on any atom is -0.487 e. The molecule has 0 aromatic rings. The van der Waals surface area contributed by atoms with E-state index in [1.807, 2.05) is 6.26 Å². The Balaban J connectivity index is 2.58. The van der Waals surface area contributed by atoms with Crippen molar-refractivity contribution in [1.29, 1.82) is 0 Å². The second-order valence-electron chi connectivity index (χ2n) is 1.87. The van der Waals surface area contributed by atoms with Crippen molar-refractivity contribution in [1.82, 2.24) is 0 Å². The molecule has 0 N–H and O–H groups in total. The summed E-state index contributed by atoms with van der Waals surface area (Å²) in [5, 5.41) is 1.13. The lowest BCUT2D eigenvalue weighted by Gasteiger charge is -1.96. The molecule has 0 aromatic carbocycles. The van der Waals surface area contributed by atoms with E-state index in [-0.39, 0.29) is 0 Å². The second-order valence-corrected chi connectivity index (χ2v) is 2.65. The van der Waals surface area contributed by atoms with Gasteiger partial charge >= 0.3 is 0 Å². The first-order valence-electron chi connectivity index (χ1n) is 2.71. The van der Waals surface area contributed by atoms with Crippen molar-refractivity contribution in [2.24, 2.45) is 0 Å². The maximum atomic E-state index is 5.26. The van der Waals surface area contributed by atoms with E-state index in [0.717, 1.165) is 18.1 Å². The van der Waals surface area contributed by atoms with Crippen molar-refractivity contribution in [3.63, 3.8) is 0 Å². The summed E-state index contributed by atoms with van der Waals surface area (Å²) in [7, 11) is 0. The van der Waals surface area contributed by atoms with E-state index in [1.54, 1.807) is 11.8 Å². The molecule has 2 heteroatoms. The Hall–Kier alpha value is -0.110. The van der Waals surface area contributed by atoms with Gasteiger partial charge in [0.05, 0.1) is 6.61 Å². The van der Waals surface area contributed by atoms with Crippen LogP contribution in [-0.4, -0.2) is 12.9 Å². The van der Waals surface area contributed by atoms with Gasteiger partial charge in [-0.2, -0.15) is 0 Å². The zero-order valence-electron chi connectivity index (χ0n) is 5.23. The van der Waals surface area contributed by atoms with Gasteiger partial charge in [-0.3, -0.25) is 0 Å². The lowest BCUT2D eigenvalue weighted by atomic mass is 10.3. The third-order valence-corrected chi connectivity index (χ3v) is 2.08. The van der Waals surface area contributed by atoms with Crippen LogP contribution in [0, 0.1) is 0 Å². The minimum atomic E-state index is 0.891. The molecule has 1 nitrogen and oxygen atoms in total. The highest BCUT2D eigenvalue weighted by atomic mass is 32.2. The average molecular weight is 130 g/mol. The molecule has 0 saturated carbocycles. The van der Waals surface area contributed by atoms with E-state index in [2.05, 4.69) is 6.92 Å². The van der Waals surface area contributed by atoms with Gasteiger partial charge in [0.15, 0.2) is 5.09 Å². The first-order chi connectivity index (χ1) is 3.84. The van der Waals surface area contributed by atoms with Crippen molar-refractivity contribution in [2.45, 2.75) is 13.3 Å². The van der Waals surface area contributed by atoms with Crippen LogP contribution in [0.2, 0.25) is 0 Å². The van der Waals surface area contributed by atoms with Crippen LogP contribution >= 0.6 is 11.8 Å². The van der Waals surface area contributed by atoms with Gasteiger partial charge in [0.25, 0.3) is 0 Å². The van der Waals surface area contributed by atoms with Gasteiger partial charge in [-0.25, -0.2) is 0 Å². The fourth-order valence-corrected chi connectivity index (χ4v) is 1.41. The summed E-state index contributed by atoms with van der Waals surface area (Å²) in [6.45, 7) is 3.01. The van der Waals surface area contributed by atoms with Crippen molar-refractivity contribution >= 4 is 11.8 Å². The molecule has 0 unspecified atom stereocenters. The van der Waals surface area contributed by atoms with Crippen LogP contribution in [0.4, 0.5) is 0 Å². The average Bonchev–Trinajstić information content (AvgIpc) is 2.14. The molecule has 1 aliphatic rings. The van der Waals surface area contributed by atoms with Crippen molar-refractivity contribution in [3.8, 4) is 0 Å². The van der Waals surface area contributed by atoms with Gasteiger partial charge in [-0.1, -0.05) is 11.8 Å². The van der Waals surface area contributed by atoms with Crippen molar-refractivity contribution < 1.29 is 4.74 Å². The molecule has 0 saturated heterocycles. The Morgan fingerprint density at radius 1 is 1.62 bits per heavy atom. The summed E-state index contributed by atoms with van der Waals surface area (Å²) < 4.78 is 5.26. The van der Waals surface area contributed by atoms with E-state index in [4.69, 9.17) is 4.74 Å². The quantitative estimate of drug-likeness (QED) is 0.537. The second kappa shape index (κ2) is 2.44. The fourth-order valence-electron chi connectivity index (χ4n) is 0.755.